The van der Waals surface area contributed by atoms with Crippen LogP contribution in [0.3, 0.4) is 0 Å². The Kier molecular flexibility index (Phi) is 11.9. The predicted molar refractivity (Wildman–Crippen MR) is 230 cm³/mol. The molecule has 3 fully saturated rings. The van der Waals surface area contributed by atoms with Crippen molar-refractivity contribution in [3.8, 4) is 11.1 Å². The van der Waals surface area contributed by atoms with Crippen LogP contribution in [0.2, 0.25) is 0 Å². The van der Waals surface area contributed by atoms with E-state index >= 15 is 4.39 Å². The monoisotopic (exact) mass is 838 g/mol. The van der Waals surface area contributed by atoms with Crippen LogP contribution in [0.1, 0.15) is 107 Å². The van der Waals surface area contributed by atoms with Gasteiger partial charge in [-0.3, -0.25) is 19.6 Å². The highest BCUT2D eigenvalue weighted by atomic mass is 19.1. The van der Waals surface area contributed by atoms with Gasteiger partial charge < -0.3 is 29.9 Å². The summed E-state index contributed by atoms with van der Waals surface area (Å²) in [6.07, 6.45) is 4.67. The lowest BCUT2D eigenvalue weighted by Gasteiger charge is -2.31. The van der Waals surface area contributed by atoms with Crippen molar-refractivity contribution in [1.29, 1.82) is 0 Å². The second-order valence-corrected chi connectivity index (χ2v) is 18.1. The summed E-state index contributed by atoms with van der Waals surface area (Å²) in [5.74, 6) is -0.206. The molecule has 2 unspecified atom stereocenters. The van der Waals surface area contributed by atoms with E-state index in [1.165, 1.54) is 41.4 Å². The first kappa shape index (κ1) is 42.3. The molecule has 6 aliphatic rings. The van der Waals surface area contributed by atoms with Gasteiger partial charge in [0.1, 0.15) is 24.4 Å². The van der Waals surface area contributed by atoms with Gasteiger partial charge in [0.05, 0.1) is 39.4 Å². The molecule has 2 N–H and O–H groups in total. The SMILES string of the molecule is COC(=O)N[C@H](C(=O)N1C[C@H](F)C[C@H]1C1=NC=C(c2ccc(-c3ccc(C4=CN=C([C@@H]5C[C@@H](F)CN5C(=O)[C@@H](NC(=O)OC)C(C)C)C4)c4c3C3CCC4C3)cc2)C1)C(C)C. The van der Waals surface area contributed by atoms with E-state index in [0.29, 0.717) is 24.7 Å². The Labute approximate surface area is 355 Å². The maximum Gasteiger partial charge on any atom is 0.407 e. The van der Waals surface area contributed by atoms with Crippen molar-refractivity contribution in [1.82, 2.24) is 20.4 Å². The number of hydrogen-bond donors (Lipinski definition) is 2. The lowest BCUT2D eigenvalue weighted by molar-refractivity contribution is -0.135. The van der Waals surface area contributed by atoms with Crippen molar-refractivity contribution in [2.75, 3.05) is 27.3 Å². The third-order valence-electron chi connectivity index (χ3n) is 13.6. The maximum absolute atomic E-state index is 15.0. The van der Waals surface area contributed by atoms with E-state index in [2.05, 4.69) is 47.0 Å². The van der Waals surface area contributed by atoms with Gasteiger partial charge in [0.15, 0.2) is 0 Å². The van der Waals surface area contributed by atoms with E-state index in [4.69, 9.17) is 19.5 Å². The molecule has 14 heteroatoms. The maximum atomic E-state index is 15.0. The lowest BCUT2D eigenvalue weighted by atomic mass is 9.80. The number of aliphatic imine (C=N–C) groups is 2. The van der Waals surface area contributed by atoms with Crippen LogP contribution in [0.4, 0.5) is 18.4 Å². The van der Waals surface area contributed by atoms with Crippen LogP contribution in [0.5, 0.6) is 0 Å². The predicted octanol–water partition coefficient (Wildman–Crippen LogP) is 7.73. The zero-order valence-electron chi connectivity index (χ0n) is 35.8. The molecule has 324 valence electrons. The third kappa shape index (κ3) is 8.10. The van der Waals surface area contributed by atoms with Gasteiger partial charge in [-0.2, -0.15) is 0 Å². The zero-order valence-corrected chi connectivity index (χ0v) is 35.8. The van der Waals surface area contributed by atoms with Gasteiger partial charge in [-0.15, -0.1) is 0 Å². The first-order valence-corrected chi connectivity index (χ1v) is 21.6. The lowest BCUT2D eigenvalue weighted by Crippen LogP contribution is -2.53. The van der Waals surface area contributed by atoms with E-state index < -0.39 is 48.7 Å². The van der Waals surface area contributed by atoms with Crippen molar-refractivity contribution in [3.05, 3.63) is 71.1 Å². The fraction of sp³-hybridized carbons (Fsp3) is 0.532. The number of alkyl halides is 2. The van der Waals surface area contributed by atoms with E-state index in [1.807, 2.05) is 40.1 Å². The second-order valence-electron chi connectivity index (χ2n) is 18.1. The fourth-order valence-corrected chi connectivity index (χ4v) is 10.5. The third-order valence-corrected chi connectivity index (χ3v) is 13.6. The van der Waals surface area contributed by atoms with Crippen LogP contribution in [-0.2, 0) is 19.1 Å². The number of amides is 4. The first-order chi connectivity index (χ1) is 29.3. The second kappa shape index (κ2) is 17.2. The number of carbonyl (C=O) groups excluding carboxylic acids is 4. The van der Waals surface area contributed by atoms with E-state index in [9.17, 15) is 23.6 Å². The molecule has 1 saturated carbocycles. The normalized spacial score (nSPS) is 26.2. The Hall–Kier alpha value is -5.40. The fourth-order valence-electron chi connectivity index (χ4n) is 10.5. The van der Waals surface area contributed by atoms with Crippen molar-refractivity contribution in [2.24, 2.45) is 21.8 Å². The molecule has 2 aromatic carbocycles. The molecule has 2 aromatic rings. The summed E-state index contributed by atoms with van der Waals surface area (Å²) in [6, 6.07) is 10.2. The van der Waals surface area contributed by atoms with E-state index in [1.54, 1.807) is 4.90 Å². The number of fused-ring (bicyclic) bond motifs is 5. The molecule has 2 saturated heterocycles. The summed E-state index contributed by atoms with van der Waals surface area (Å²) < 4.78 is 39.5. The standard InChI is InChI=1S/C47H56F2N6O6/c1-24(2)42(52-46(58)60-5)44(56)54-22-32(48)18-38(54)36-16-30(20-50-36)26-7-9-27(10-8-26)34-13-14-35(41-29-12-11-28(15-29)40(34)41)31-17-37(51-21-31)39-19-33(49)23-55(39)45(57)43(25(3)4)53-47(59)61-6/h7-10,13-14,20-21,24-25,28-29,32-33,38-39,42-43H,11-12,15-19,22-23H2,1-6H3,(H,52,58)(H,53,59)/t28?,29?,32-,33-,38+,39+,42+,43+/m1/s1. The molecule has 0 aromatic heterocycles. The molecule has 4 heterocycles. The molecule has 2 aliphatic carbocycles. The van der Waals surface area contributed by atoms with Crippen LogP contribution in [-0.4, -0.2) is 109 Å². The van der Waals surface area contributed by atoms with Crippen molar-refractivity contribution >= 4 is 46.6 Å². The quantitative estimate of drug-likeness (QED) is 0.237. The number of nitrogens with one attached hydrogen (secondary N) is 2. The number of rotatable bonds is 11. The van der Waals surface area contributed by atoms with Crippen molar-refractivity contribution in [2.45, 2.75) is 121 Å². The number of likely N-dealkylation sites (tertiary alicyclic amines) is 2. The van der Waals surface area contributed by atoms with Crippen LogP contribution in [0.25, 0.3) is 22.3 Å². The summed E-state index contributed by atoms with van der Waals surface area (Å²) >= 11 is 0. The van der Waals surface area contributed by atoms with Gasteiger partial charge in [-0.05, 0) is 87.5 Å². The summed E-state index contributed by atoms with van der Waals surface area (Å²) in [4.78, 5) is 64.1. The van der Waals surface area contributed by atoms with Gasteiger partial charge >= 0.3 is 12.2 Å². The molecule has 0 radical (unpaired) electrons. The van der Waals surface area contributed by atoms with Crippen LogP contribution in [0.15, 0.2) is 58.8 Å². The van der Waals surface area contributed by atoms with Gasteiger partial charge in [-0.25, -0.2) is 18.4 Å². The van der Waals surface area contributed by atoms with Crippen molar-refractivity contribution < 1.29 is 37.4 Å². The molecule has 8 atom stereocenters. The number of nitrogens with zero attached hydrogens (tertiary/aromatic N) is 4. The summed E-state index contributed by atoms with van der Waals surface area (Å²) in [6.45, 7) is 7.24. The largest absolute Gasteiger partial charge is 0.453 e. The highest BCUT2D eigenvalue weighted by molar-refractivity contribution is 6.05. The van der Waals surface area contributed by atoms with Gasteiger partial charge in [-0.1, -0.05) is 64.1 Å². The van der Waals surface area contributed by atoms with Crippen LogP contribution < -0.4 is 10.6 Å². The van der Waals surface area contributed by atoms with E-state index in [0.717, 1.165) is 53.0 Å². The van der Waals surface area contributed by atoms with Gasteiger partial charge in [0.25, 0.3) is 0 Å². The molecule has 0 spiro atoms. The molecule has 12 nitrogen and oxygen atoms in total. The smallest absolute Gasteiger partial charge is 0.407 e. The highest BCUT2D eigenvalue weighted by Crippen LogP contribution is 2.58. The van der Waals surface area contributed by atoms with Crippen molar-refractivity contribution in [3.63, 3.8) is 0 Å². The Morgan fingerprint density at radius 1 is 0.639 bits per heavy atom. The van der Waals surface area contributed by atoms with Gasteiger partial charge in [0.2, 0.25) is 11.8 Å². The number of ether oxygens (including phenoxy) is 2. The van der Waals surface area contributed by atoms with Crippen LogP contribution in [0, 0.1) is 11.8 Å². The number of benzene rings is 2. The number of alkyl carbamates (subject to hydrolysis) is 2. The van der Waals surface area contributed by atoms with Crippen LogP contribution >= 0.6 is 0 Å². The Balaban J connectivity index is 0.966. The Bertz CT molecular complexity index is 2220. The average Bonchev–Trinajstić information content (AvgIpc) is 4.12. The van der Waals surface area contributed by atoms with E-state index in [-0.39, 0.29) is 49.6 Å². The molecule has 4 amide bonds. The number of halogens is 2. The zero-order chi connectivity index (χ0) is 43.3. The summed E-state index contributed by atoms with van der Waals surface area (Å²) in [7, 11) is 2.49. The molecule has 61 heavy (non-hydrogen) atoms. The highest BCUT2D eigenvalue weighted by Gasteiger charge is 2.45. The van der Waals surface area contributed by atoms with Gasteiger partial charge in [0, 0.05) is 49.5 Å². The number of carbonyl (C=O) groups is 4. The first-order valence-electron chi connectivity index (χ1n) is 21.6. The molecule has 2 bridgehead atoms. The molecule has 4 aliphatic heterocycles. The number of allylic oxidation sites excluding steroid dienone is 2. The minimum absolute atomic E-state index is 0.0434. The average molecular weight is 839 g/mol. The molecular formula is C47H56F2N6O6. The number of hydrogen-bond acceptors (Lipinski definition) is 8. The topological polar surface area (TPSA) is 142 Å². The Morgan fingerprint density at radius 2 is 1.08 bits per heavy atom. The molecular weight excluding hydrogens is 783 g/mol. The number of methoxy groups -OCH3 is 2. The minimum Gasteiger partial charge on any atom is -0.453 e. The molecule has 8 rings (SSSR count). The summed E-state index contributed by atoms with van der Waals surface area (Å²) in [5, 5.41) is 5.26. The minimum atomic E-state index is -1.19. The Morgan fingerprint density at radius 3 is 1.57 bits per heavy atom. The summed E-state index contributed by atoms with van der Waals surface area (Å²) in [5.41, 5.74) is 10.9.